The van der Waals surface area contributed by atoms with Crippen LogP contribution in [0.25, 0.3) is 0 Å². The number of amides is 1. The predicted molar refractivity (Wildman–Crippen MR) is 86.5 cm³/mol. The average Bonchev–Trinajstić information content (AvgIpc) is 3.32. The van der Waals surface area contributed by atoms with E-state index in [0.29, 0.717) is 25.6 Å². The molecule has 7 nitrogen and oxygen atoms in total. The van der Waals surface area contributed by atoms with E-state index in [1.165, 1.54) is 0 Å². The molecule has 3 N–H and O–H groups in total. The van der Waals surface area contributed by atoms with E-state index in [-0.39, 0.29) is 18.6 Å². The lowest BCUT2D eigenvalue weighted by Gasteiger charge is -2.12. The van der Waals surface area contributed by atoms with Gasteiger partial charge in [0, 0.05) is 32.6 Å². The number of aliphatic imine (C=N–C) groups is 1. The zero-order chi connectivity index (χ0) is 16.1. The number of guanidine groups is 1. The van der Waals surface area contributed by atoms with Crippen molar-refractivity contribution in [3.8, 4) is 11.5 Å². The zero-order valence-electron chi connectivity index (χ0n) is 13.2. The van der Waals surface area contributed by atoms with Crippen LogP contribution < -0.4 is 25.4 Å². The van der Waals surface area contributed by atoms with E-state index in [2.05, 4.69) is 20.9 Å². The zero-order valence-corrected chi connectivity index (χ0v) is 13.2. The van der Waals surface area contributed by atoms with Gasteiger partial charge < -0.3 is 25.4 Å². The molecular formula is C16H22N4O3. The molecule has 1 saturated carbocycles. The predicted octanol–water partition coefficient (Wildman–Crippen LogP) is 0.606. The SMILES string of the molecule is CN=C(NCCNC(=O)C1CC1)NCc1ccc2c(c1)OCO2. The van der Waals surface area contributed by atoms with Crippen LogP contribution in [0.15, 0.2) is 23.2 Å². The van der Waals surface area contributed by atoms with Crippen LogP contribution in [0.5, 0.6) is 11.5 Å². The van der Waals surface area contributed by atoms with Crippen molar-refractivity contribution in [2.75, 3.05) is 26.9 Å². The third kappa shape index (κ3) is 4.28. The van der Waals surface area contributed by atoms with Gasteiger partial charge >= 0.3 is 0 Å². The van der Waals surface area contributed by atoms with E-state index in [1.54, 1.807) is 7.05 Å². The molecule has 23 heavy (non-hydrogen) atoms. The van der Waals surface area contributed by atoms with E-state index in [1.807, 2.05) is 18.2 Å². The van der Waals surface area contributed by atoms with Gasteiger partial charge in [0.25, 0.3) is 0 Å². The third-order valence-electron chi connectivity index (χ3n) is 3.79. The second-order valence-corrected chi connectivity index (χ2v) is 5.61. The highest BCUT2D eigenvalue weighted by atomic mass is 16.7. The lowest BCUT2D eigenvalue weighted by molar-refractivity contribution is -0.122. The van der Waals surface area contributed by atoms with Crippen LogP contribution in [-0.4, -0.2) is 38.8 Å². The van der Waals surface area contributed by atoms with E-state index in [0.717, 1.165) is 29.9 Å². The Morgan fingerprint density at radius 2 is 1.96 bits per heavy atom. The fourth-order valence-corrected chi connectivity index (χ4v) is 2.31. The van der Waals surface area contributed by atoms with Gasteiger partial charge in [-0.1, -0.05) is 6.07 Å². The van der Waals surface area contributed by atoms with Crippen molar-refractivity contribution in [3.63, 3.8) is 0 Å². The van der Waals surface area contributed by atoms with Crippen LogP contribution >= 0.6 is 0 Å². The van der Waals surface area contributed by atoms with Crippen molar-refractivity contribution in [1.82, 2.24) is 16.0 Å². The highest BCUT2D eigenvalue weighted by Crippen LogP contribution is 2.32. The number of hydrogen-bond acceptors (Lipinski definition) is 4. The number of ether oxygens (including phenoxy) is 2. The van der Waals surface area contributed by atoms with Gasteiger partial charge in [0.05, 0.1) is 0 Å². The fraction of sp³-hybridized carbons (Fsp3) is 0.500. The molecule has 2 aliphatic rings. The van der Waals surface area contributed by atoms with E-state index >= 15 is 0 Å². The van der Waals surface area contributed by atoms with Gasteiger partial charge in [-0.15, -0.1) is 0 Å². The van der Waals surface area contributed by atoms with Crippen molar-refractivity contribution < 1.29 is 14.3 Å². The summed E-state index contributed by atoms with van der Waals surface area (Å²) < 4.78 is 10.7. The topological polar surface area (TPSA) is 84.0 Å². The van der Waals surface area contributed by atoms with Crippen LogP contribution in [0.4, 0.5) is 0 Å². The molecule has 1 fully saturated rings. The smallest absolute Gasteiger partial charge is 0.231 e. The first-order chi connectivity index (χ1) is 11.3. The van der Waals surface area contributed by atoms with E-state index in [9.17, 15) is 4.79 Å². The summed E-state index contributed by atoms with van der Waals surface area (Å²) in [6.07, 6.45) is 2.05. The van der Waals surface area contributed by atoms with Crippen LogP contribution in [0, 0.1) is 5.92 Å². The molecule has 124 valence electrons. The molecule has 1 aromatic rings. The number of fused-ring (bicyclic) bond motifs is 1. The molecule has 1 aliphatic carbocycles. The molecule has 1 aliphatic heterocycles. The number of carbonyl (C=O) groups is 1. The summed E-state index contributed by atoms with van der Waals surface area (Å²) in [6, 6.07) is 5.85. The second kappa shape index (κ2) is 7.21. The lowest BCUT2D eigenvalue weighted by Crippen LogP contribution is -2.41. The standard InChI is InChI=1S/C16H22N4O3/c1-17-16(19-7-6-18-15(21)12-3-4-12)20-9-11-2-5-13-14(8-11)23-10-22-13/h2,5,8,12H,3-4,6-7,9-10H2,1H3,(H,18,21)(H2,17,19,20). The summed E-state index contributed by atoms with van der Waals surface area (Å²) in [5.41, 5.74) is 1.08. The average molecular weight is 318 g/mol. The molecule has 1 aromatic carbocycles. The minimum absolute atomic E-state index is 0.162. The lowest BCUT2D eigenvalue weighted by atomic mass is 10.2. The van der Waals surface area contributed by atoms with Gasteiger partial charge in [0.15, 0.2) is 17.5 Å². The van der Waals surface area contributed by atoms with Gasteiger partial charge in [-0.3, -0.25) is 9.79 Å². The first-order valence-electron chi connectivity index (χ1n) is 7.87. The maximum absolute atomic E-state index is 11.5. The van der Waals surface area contributed by atoms with Crippen LogP contribution in [0.3, 0.4) is 0 Å². The summed E-state index contributed by atoms with van der Waals surface area (Å²) in [5, 5.41) is 9.32. The molecule has 0 spiro atoms. The first-order valence-corrected chi connectivity index (χ1v) is 7.87. The Bertz CT molecular complexity index is 599. The van der Waals surface area contributed by atoms with Gasteiger partial charge in [0.1, 0.15) is 0 Å². The Hall–Kier alpha value is -2.44. The maximum atomic E-state index is 11.5. The Kier molecular flexibility index (Phi) is 4.85. The van der Waals surface area contributed by atoms with Crippen LogP contribution in [-0.2, 0) is 11.3 Å². The minimum atomic E-state index is 0.162. The van der Waals surface area contributed by atoms with Gasteiger partial charge in [-0.2, -0.15) is 0 Å². The normalized spacial score (nSPS) is 16.1. The van der Waals surface area contributed by atoms with E-state index in [4.69, 9.17) is 9.47 Å². The molecule has 3 rings (SSSR count). The molecule has 1 amide bonds. The number of hydrogen-bond donors (Lipinski definition) is 3. The van der Waals surface area contributed by atoms with Crippen molar-refractivity contribution in [2.45, 2.75) is 19.4 Å². The van der Waals surface area contributed by atoms with Crippen molar-refractivity contribution in [2.24, 2.45) is 10.9 Å². The Morgan fingerprint density at radius 3 is 2.74 bits per heavy atom. The number of benzene rings is 1. The van der Waals surface area contributed by atoms with Gasteiger partial charge in [-0.05, 0) is 30.5 Å². The van der Waals surface area contributed by atoms with Gasteiger partial charge in [-0.25, -0.2) is 0 Å². The molecule has 1 heterocycles. The van der Waals surface area contributed by atoms with Gasteiger partial charge in [0.2, 0.25) is 12.7 Å². The molecule has 0 unspecified atom stereocenters. The Morgan fingerprint density at radius 1 is 1.17 bits per heavy atom. The summed E-state index contributed by atoms with van der Waals surface area (Å²) >= 11 is 0. The van der Waals surface area contributed by atoms with Crippen molar-refractivity contribution in [1.29, 1.82) is 0 Å². The largest absolute Gasteiger partial charge is 0.454 e. The van der Waals surface area contributed by atoms with Crippen molar-refractivity contribution >= 4 is 11.9 Å². The van der Waals surface area contributed by atoms with Crippen LogP contribution in [0.2, 0.25) is 0 Å². The first kappa shape index (κ1) is 15.5. The quantitative estimate of drug-likeness (QED) is 0.406. The van der Waals surface area contributed by atoms with Crippen molar-refractivity contribution in [3.05, 3.63) is 23.8 Å². The highest BCUT2D eigenvalue weighted by molar-refractivity contribution is 5.81. The van der Waals surface area contributed by atoms with E-state index < -0.39 is 0 Å². The third-order valence-corrected chi connectivity index (χ3v) is 3.79. The Balaban J connectivity index is 1.38. The number of rotatable bonds is 6. The highest BCUT2D eigenvalue weighted by Gasteiger charge is 2.28. The minimum Gasteiger partial charge on any atom is -0.454 e. The molecule has 7 heteroatoms. The summed E-state index contributed by atoms with van der Waals surface area (Å²) in [7, 11) is 1.72. The summed E-state index contributed by atoms with van der Waals surface area (Å²) in [4.78, 5) is 15.7. The summed E-state index contributed by atoms with van der Waals surface area (Å²) in [6.45, 7) is 2.14. The molecule has 0 saturated heterocycles. The molecular weight excluding hydrogens is 296 g/mol. The monoisotopic (exact) mass is 318 g/mol. The number of nitrogens with one attached hydrogen (secondary N) is 3. The fourth-order valence-electron chi connectivity index (χ4n) is 2.31. The second-order valence-electron chi connectivity index (χ2n) is 5.61. The molecule has 0 aromatic heterocycles. The maximum Gasteiger partial charge on any atom is 0.231 e. The molecule has 0 atom stereocenters. The number of nitrogens with zero attached hydrogens (tertiary/aromatic N) is 1. The molecule has 0 bridgehead atoms. The number of carbonyl (C=O) groups excluding carboxylic acids is 1. The Labute approximate surface area is 135 Å². The molecule has 0 radical (unpaired) electrons. The summed E-state index contributed by atoms with van der Waals surface area (Å²) in [5.74, 6) is 2.66. The van der Waals surface area contributed by atoms with Crippen LogP contribution in [0.1, 0.15) is 18.4 Å².